The first-order chi connectivity index (χ1) is 16.3. The van der Waals surface area contributed by atoms with E-state index in [4.69, 9.17) is 18.9 Å². The molecule has 2 aromatic carbocycles. The highest BCUT2D eigenvalue weighted by atomic mass is 16.7. The van der Waals surface area contributed by atoms with Crippen LogP contribution in [0.4, 0.5) is 0 Å². The lowest BCUT2D eigenvalue weighted by molar-refractivity contribution is -0.302. The van der Waals surface area contributed by atoms with Crippen molar-refractivity contribution in [1.82, 2.24) is 0 Å². The first-order valence-electron chi connectivity index (χ1n) is 10.6. The predicted molar refractivity (Wildman–Crippen MR) is 119 cm³/mol. The second kappa shape index (κ2) is 11.8. The fraction of sp³-hybridized carbons (Fsp3) is 0.375. The van der Waals surface area contributed by atoms with Crippen molar-refractivity contribution in [3.8, 4) is 17.2 Å². The Morgan fingerprint density at radius 2 is 1.82 bits per heavy atom. The Balaban J connectivity index is 1.56. The van der Waals surface area contributed by atoms with Gasteiger partial charge >= 0.3 is 5.97 Å². The number of rotatable bonds is 9. The third-order valence-corrected chi connectivity index (χ3v) is 5.30. The minimum Gasteiger partial charge on any atom is -0.508 e. The number of hydrogen-bond acceptors (Lipinski definition) is 10. The van der Waals surface area contributed by atoms with E-state index >= 15 is 0 Å². The molecule has 0 aliphatic carbocycles. The van der Waals surface area contributed by atoms with Crippen LogP contribution in [-0.4, -0.2) is 82.5 Å². The van der Waals surface area contributed by atoms with Crippen LogP contribution in [0.2, 0.25) is 0 Å². The van der Waals surface area contributed by atoms with Crippen LogP contribution < -0.4 is 4.74 Å². The second-order valence-electron chi connectivity index (χ2n) is 7.66. The van der Waals surface area contributed by atoms with Crippen molar-refractivity contribution in [2.24, 2.45) is 0 Å². The van der Waals surface area contributed by atoms with E-state index in [1.54, 1.807) is 30.3 Å². The molecule has 0 radical (unpaired) electrons. The number of phenolic OH excluding ortho intramolecular Hbond substituents is 2. The van der Waals surface area contributed by atoms with Crippen LogP contribution in [0, 0.1) is 0 Å². The van der Waals surface area contributed by atoms with Crippen LogP contribution in [0.3, 0.4) is 0 Å². The van der Waals surface area contributed by atoms with Crippen LogP contribution in [0.5, 0.6) is 17.2 Å². The third kappa shape index (κ3) is 6.46. The topological polar surface area (TPSA) is 155 Å². The summed E-state index contributed by atoms with van der Waals surface area (Å²) in [7, 11) is 1.39. The van der Waals surface area contributed by atoms with Gasteiger partial charge in [0.1, 0.15) is 24.1 Å². The van der Waals surface area contributed by atoms with Crippen LogP contribution in [0.25, 0.3) is 6.08 Å². The average Bonchev–Trinajstić information content (AvgIpc) is 2.84. The highest BCUT2D eigenvalue weighted by Gasteiger charge is 2.46. The van der Waals surface area contributed by atoms with Gasteiger partial charge in [-0.2, -0.15) is 0 Å². The van der Waals surface area contributed by atoms with Crippen molar-refractivity contribution in [2.45, 2.75) is 37.1 Å². The largest absolute Gasteiger partial charge is 0.508 e. The lowest BCUT2D eigenvalue weighted by Crippen LogP contribution is -2.60. The number of aliphatic hydroxyl groups is 3. The lowest BCUT2D eigenvalue weighted by Gasteiger charge is -2.41. The Labute approximate surface area is 196 Å². The highest BCUT2D eigenvalue weighted by molar-refractivity contribution is 5.87. The molecule has 5 N–H and O–H groups in total. The van der Waals surface area contributed by atoms with Crippen molar-refractivity contribution >= 4 is 12.0 Å². The number of phenols is 2. The molecule has 5 atom stereocenters. The molecule has 0 spiro atoms. The fourth-order valence-corrected chi connectivity index (χ4v) is 3.43. The van der Waals surface area contributed by atoms with E-state index in [1.165, 1.54) is 25.3 Å². The van der Waals surface area contributed by atoms with Gasteiger partial charge in [-0.1, -0.05) is 18.2 Å². The van der Waals surface area contributed by atoms with Gasteiger partial charge in [-0.15, -0.1) is 0 Å². The second-order valence-corrected chi connectivity index (χ2v) is 7.66. The predicted octanol–water partition coefficient (Wildman–Crippen LogP) is 0.730. The molecule has 0 amide bonds. The first-order valence-corrected chi connectivity index (χ1v) is 10.6. The molecule has 1 saturated heterocycles. The minimum absolute atomic E-state index is 0.0516. The molecule has 184 valence electrons. The summed E-state index contributed by atoms with van der Waals surface area (Å²) in [6.07, 6.45) is -3.80. The summed E-state index contributed by atoms with van der Waals surface area (Å²) in [5.74, 6) is -0.518. The van der Waals surface area contributed by atoms with E-state index in [0.717, 1.165) is 11.6 Å². The number of benzene rings is 2. The van der Waals surface area contributed by atoms with Gasteiger partial charge < -0.3 is 44.5 Å². The van der Waals surface area contributed by atoms with Crippen LogP contribution in [0.1, 0.15) is 11.1 Å². The van der Waals surface area contributed by atoms with Gasteiger partial charge in [-0.05, 0) is 47.9 Å². The van der Waals surface area contributed by atoms with Crippen molar-refractivity contribution < 1.29 is 49.3 Å². The zero-order valence-electron chi connectivity index (χ0n) is 18.5. The van der Waals surface area contributed by atoms with E-state index in [9.17, 15) is 30.3 Å². The molecule has 34 heavy (non-hydrogen) atoms. The Hall–Kier alpha value is -3.15. The minimum atomic E-state index is -1.56. The number of carbonyl (C=O) groups is 1. The summed E-state index contributed by atoms with van der Waals surface area (Å²) in [6, 6.07) is 11.0. The van der Waals surface area contributed by atoms with Crippen molar-refractivity contribution in [3.63, 3.8) is 0 Å². The Kier molecular flexibility index (Phi) is 8.85. The number of esters is 1. The molecular weight excluding hydrogens is 448 g/mol. The summed E-state index contributed by atoms with van der Waals surface area (Å²) in [6.45, 7) is -0.445. The summed E-state index contributed by atoms with van der Waals surface area (Å²) < 4.78 is 21.3. The Bertz CT molecular complexity index is 972. The maximum Gasteiger partial charge on any atom is 0.331 e. The summed E-state index contributed by atoms with van der Waals surface area (Å²) in [5, 5.41) is 49.5. The van der Waals surface area contributed by atoms with E-state index in [1.807, 2.05) is 0 Å². The van der Waals surface area contributed by atoms with Gasteiger partial charge in [0.05, 0.1) is 20.3 Å². The quantitative estimate of drug-likeness (QED) is 0.258. The summed E-state index contributed by atoms with van der Waals surface area (Å²) in [4.78, 5) is 12.3. The molecule has 5 unspecified atom stereocenters. The zero-order valence-corrected chi connectivity index (χ0v) is 18.5. The molecule has 1 aliphatic heterocycles. The molecular formula is C24H28O10. The molecule has 1 aliphatic rings. The number of ether oxygens (including phenoxy) is 4. The highest BCUT2D eigenvalue weighted by Crippen LogP contribution is 2.27. The number of methoxy groups -OCH3 is 1. The number of aliphatic hydroxyl groups excluding tert-OH is 3. The van der Waals surface area contributed by atoms with Gasteiger partial charge in [-0.25, -0.2) is 4.79 Å². The van der Waals surface area contributed by atoms with Crippen molar-refractivity contribution in [1.29, 1.82) is 0 Å². The standard InChI is InChI=1S/C24H28O10/c1-31-18-12-15(4-8-17(18)27)5-9-20(28)34-23-19(13-25)33-24(22(30)21(23)29)32-11-10-14-2-6-16(26)7-3-14/h2-9,12,19,21-27,29-30H,10-11,13H2,1H3. The van der Waals surface area contributed by atoms with Crippen LogP contribution in [0.15, 0.2) is 48.5 Å². The monoisotopic (exact) mass is 476 g/mol. The van der Waals surface area contributed by atoms with Crippen LogP contribution >= 0.6 is 0 Å². The van der Waals surface area contributed by atoms with Gasteiger partial charge in [0.15, 0.2) is 23.9 Å². The molecule has 10 heteroatoms. The number of carbonyl (C=O) groups excluding carboxylic acids is 1. The van der Waals surface area contributed by atoms with Crippen LogP contribution in [-0.2, 0) is 25.4 Å². The van der Waals surface area contributed by atoms with Gasteiger partial charge in [0, 0.05) is 6.08 Å². The number of aromatic hydroxyl groups is 2. The zero-order chi connectivity index (χ0) is 24.7. The van der Waals surface area contributed by atoms with E-state index in [-0.39, 0.29) is 23.9 Å². The Morgan fingerprint density at radius 1 is 1.09 bits per heavy atom. The maximum atomic E-state index is 12.3. The molecule has 1 fully saturated rings. The number of hydrogen-bond donors (Lipinski definition) is 5. The Morgan fingerprint density at radius 3 is 2.50 bits per heavy atom. The summed E-state index contributed by atoms with van der Waals surface area (Å²) >= 11 is 0. The fourth-order valence-electron chi connectivity index (χ4n) is 3.43. The lowest BCUT2D eigenvalue weighted by atomic mass is 9.99. The molecule has 0 aromatic heterocycles. The third-order valence-electron chi connectivity index (χ3n) is 5.30. The van der Waals surface area contributed by atoms with Gasteiger partial charge in [0.2, 0.25) is 0 Å². The first kappa shape index (κ1) is 25.5. The summed E-state index contributed by atoms with van der Waals surface area (Å²) in [5.41, 5.74) is 1.43. The smallest absolute Gasteiger partial charge is 0.331 e. The molecule has 10 nitrogen and oxygen atoms in total. The van der Waals surface area contributed by atoms with E-state index in [2.05, 4.69) is 0 Å². The van der Waals surface area contributed by atoms with Gasteiger partial charge in [0.25, 0.3) is 0 Å². The van der Waals surface area contributed by atoms with Crippen molar-refractivity contribution in [3.05, 3.63) is 59.7 Å². The maximum absolute atomic E-state index is 12.3. The van der Waals surface area contributed by atoms with E-state index < -0.39 is 43.3 Å². The molecule has 3 rings (SSSR count). The SMILES string of the molecule is COc1cc(C=CC(=O)OC2C(CO)OC(OCCc3ccc(O)cc3)C(O)C2O)ccc1O. The normalized spacial score (nSPS) is 24.8. The average molecular weight is 476 g/mol. The van der Waals surface area contributed by atoms with Gasteiger partial charge in [-0.3, -0.25) is 0 Å². The van der Waals surface area contributed by atoms with E-state index in [0.29, 0.717) is 12.0 Å². The van der Waals surface area contributed by atoms with Crippen molar-refractivity contribution in [2.75, 3.05) is 20.3 Å². The molecule has 2 aromatic rings. The molecule has 1 heterocycles. The molecule has 0 saturated carbocycles. The molecule has 0 bridgehead atoms.